The maximum Gasteiger partial charge on any atom is 0.173 e. The van der Waals surface area contributed by atoms with Crippen molar-refractivity contribution in [2.45, 2.75) is 38.6 Å². The number of hydrogen-bond donors (Lipinski definition) is 1. The summed E-state index contributed by atoms with van der Waals surface area (Å²) in [6.07, 6.45) is 5.00. The van der Waals surface area contributed by atoms with Crippen LogP contribution in [-0.2, 0) is 0 Å². The smallest absolute Gasteiger partial charge is 0.173 e. The van der Waals surface area contributed by atoms with E-state index in [1.165, 1.54) is 25.7 Å². The van der Waals surface area contributed by atoms with Gasteiger partial charge < -0.3 is 10.1 Å². The summed E-state index contributed by atoms with van der Waals surface area (Å²) in [6.45, 7) is 6.26. The van der Waals surface area contributed by atoms with E-state index in [1.54, 1.807) is 6.07 Å². The molecular weight excluding hydrogens is 350 g/mol. The minimum Gasteiger partial charge on any atom is -0.489 e. The molecular formula is C18H27Cl2FN2O. The number of nitrogens with one attached hydrogen (secondary N) is 1. The zero-order valence-corrected chi connectivity index (χ0v) is 15.8. The van der Waals surface area contributed by atoms with Gasteiger partial charge >= 0.3 is 0 Å². The molecule has 1 aromatic rings. The van der Waals surface area contributed by atoms with E-state index in [2.05, 4.69) is 10.2 Å². The van der Waals surface area contributed by atoms with E-state index in [0.29, 0.717) is 17.5 Å². The van der Waals surface area contributed by atoms with E-state index in [9.17, 15) is 4.39 Å². The highest BCUT2D eigenvalue weighted by atomic mass is 35.5. The van der Waals surface area contributed by atoms with E-state index in [4.69, 9.17) is 16.3 Å². The Bertz CT molecular complexity index is 509. The molecule has 0 spiro atoms. The lowest BCUT2D eigenvalue weighted by Crippen LogP contribution is -2.46. The molecule has 1 heterocycles. The number of ether oxygens (including phenoxy) is 1. The van der Waals surface area contributed by atoms with Crippen LogP contribution < -0.4 is 10.1 Å². The topological polar surface area (TPSA) is 24.5 Å². The summed E-state index contributed by atoms with van der Waals surface area (Å²) < 4.78 is 19.8. The summed E-state index contributed by atoms with van der Waals surface area (Å²) in [6, 6.07) is 3.82. The van der Waals surface area contributed by atoms with Gasteiger partial charge in [-0.1, -0.05) is 24.4 Å². The van der Waals surface area contributed by atoms with Crippen molar-refractivity contribution >= 4 is 24.0 Å². The van der Waals surface area contributed by atoms with Crippen LogP contribution in [0.1, 0.15) is 44.2 Å². The third-order valence-electron chi connectivity index (χ3n) is 5.04. The molecule has 136 valence electrons. The summed E-state index contributed by atoms with van der Waals surface area (Å²) >= 11 is 6.31. The summed E-state index contributed by atoms with van der Waals surface area (Å²) in [5.41, 5.74) is 1.00. The van der Waals surface area contributed by atoms with Gasteiger partial charge in [0, 0.05) is 32.2 Å². The summed E-state index contributed by atoms with van der Waals surface area (Å²) in [4.78, 5) is 2.50. The molecule has 1 aromatic carbocycles. The largest absolute Gasteiger partial charge is 0.489 e. The zero-order chi connectivity index (χ0) is 16.2. The van der Waals surface area contributed by atoms with Gasteiger partial charge in [0.15, 0.2) is 11.6 Å². The zero-order valence-electron chi connectivity index (χ0n) is 14.2. The van der Waals surface area contributed by atoms with Crippen molar-refractivity contribution in [3.63, 3.8) is 0 Å². The van der Waals surface area contributed by atoms with E-state index >= 15 is 0 Å². The van der Waals surface area contributed by atoms with Gasteiger partial charge in [-0.3, -0.25) is 4.90 Å². The van der Waals surface area contributed by atoms with Gasteiger partial charge in [0.2, 0.25) is 0 Å². The molecule has 1 N–H and O–H groups in total. The maximum absolute atomic E-state index is 14.5. The van der Waals surface area contributed by atoms with Crippen LogP contribution in [0.3, 0.4) is 0 Å². The molecule has 1 saturated carbocycles. The third-order valence-corrected chi connectivity index (χ3v) is 5.32. The molecule has 0 unspecified atom stereocenters. The quantitative estimate of drug-likeness (QED) is 0.821. The lowest BCUT2D eigenvalue weighted by Gasteiger charge is -2.38. The number of nitrogens with zero attached hydrogens (tertiary/aromatic N) is 1. The lowest BCUT2D eigenvalue weighted by molar-refractivity contribution is 0.125. The molecule has 3 nitrogen and oxygen atoms in total. The standard InChI is InChI=1S/C18H26ClFN2O.ClH/c1-2-23-18-15(19)11-14(12-16(18)20)17(13-5-3-4-6-13)22-9-7-21-8-10-22;/h11-13,17,21H,2-10H2,1H3;1H/t17-;/m1./s1. The first-order chi connectivity index (χ1) is 11.2. The number of benzene rings is 1. The third kappa shape index (κ3) is 4.34. The van der Waals surface area contributed by atoms with Crippen LogP contribution in [0.15, 0.2) is 12.1 Å². The van der Waals surface area contributed by atoms with Crippen LogP contribution in [0.5, 0.6) is 5.75 Å². The molecule has 1 aliphatic carbocycles. The SMILES string of the molecule is CCOc1c(F)cc([C@@H](C2CCCC2)N2CCNCC2)cc1Cl.Cl. The molecule has 0 aromatic heterocycles. The van der Waals surface area contributed by atoms with Crippen molar-refractivity contribution in [3.05, 3.63) is 28.5 Å². The lowest BCUT2D eigenvalue weighted by atomic mass is 9.89. The number of halogens is 3. The fraction of sp³-hybridized carbons (Fsp3) is 0.667. The molecule has 3 rings (SSSR count). The van der Waals surface area contributed by atoms with Crippen molar-refractivity contribution in [3.8, 4) is 5.75 Å². The molecule has 24 heavy (non-hydrogen) atoms. The second-order valence-electron chi connectivity index (χ2n) is 6.52. The second kappa shape index (κ2) is 9.23. The van der Waals surface area contributed by atoms with Crippen molar-refractivity contribution in [2.24, 2.45) is 5.92 Å². The van der Waals surface area contributed by atoms with Crippen LogP contribution in [0.4, 0.5) is 4.39 Å². The first kappa shape index (κ1) is 19.8. The highest BCUT2D eigenvalue weighted by molar-refractivity contribution is 6.32. The van der Waals surface area contributed by atoms with Gasteiger partial charge in [-0.05, 0) is 43.4 Å². The summed E-state index contributed by atoms with van der Waals surface area (Å²) in [7, 11) is 0. The minimum atomic E-state index is -0.340. The Morgan fingerprint density at radius 2 is 1.96 bits per heavy atom. The van der Waals surface area contributed by atoms with Crippen LogP contribution in [0, 0.1) is 11.7 Å². The second-order valence-corrected chi connectivity index (χ2v) is 6.93. The molecule has 2 fully saturated rings. The van der Waals surface area contributed by atoms with Crippen molar-refractivity contribution in [2.75, 3.05) is 32.8 Å². The molecule has 0 bridgehead atoms. The van der Waals surface area contributed by atoms with Crippen molar-refractivity contribution < 1.29 is 9.13 Å². The molecule has 0 amide bonds. The van der Waals surface area contributed by atoms with Gasteiger partial charge in [-0.15, -0.1) is 12.4 Å². The highest BCUT2D eigenvalue weighted by Gasteiger charge is 2.32. The Morgan fingerprint density at radius 1 is 1.29 bits per heavy atom. The van der Waals surface area contributed by atoms with Gasteiger partial charge in [-0.25, -0.2) is 4.39 Å². The van der Waals surface area contributed by atoms with Gasteiger partial charge in [0.05, 0.1) is 11.6 Å². The van der Waals surface area contributed by atoms with Crippen LogP contribution in [0.25, 0.3) is 0 Å². The molecule has 1 aliphatic heterocycles. The van der Waals surface area contributed by atoms with Gasteiger partial charge in [-0.2, -0.15) is 0 Å². The Hall–Kier alpha value is -0.550. The van der Waals surface area contributed by atoms with E-state index in [1.807, 2.05) is 13.0 Å². The number of hydrogen-bond acceptors (Lipinski definition) is 3. The van der Waals surface area contributed by atoms with Gasteiger partial charge in [0.25, 0.3) is 0 Å². The predicted octanol–water partition coefficient (Wildman–Crippen LogP) is 4.44. The normalized spacial score (nSPS) is 20.6. The van der Waals surface area contributed by atoms with E-state index < -0.39 is 0 Å². The average Bonchev–Trinajstić information content (AvgIpc) is 3.06. The van der Waals surface area contributed by atoms with E-state index in [0.717, 1.165) is 31.7 Å². The summed E-state index contributed by atoms with van der Waals surface area (Å²) in [5.74, 6) is 0.442. The van der Waals surface area contributed by atoms with Crippen LogP contribution in [-0.4, -0.2) is 37.7 Å². The van der Waals surface area contributed by atoms with Crippen LogP contribution in [0.2, 0.25) is 5.02 Å². The van der Waals surface area contributed by atoms with Crippen molar-refractivity contribution in [1.82, 2.24) is 10.2 Å². The first-order valence-corrected chi connectivity index (χ1v) is 9.15. The van der Waals surface area contributed by atoms with Crippen molar-refractivity contribution in [1.29, 1.82) is 0 Å². The van der Waals surface area contributed by atoms with Gasteiger partial charge in [0.1, 0.15) is 0 Å². The minimum absolute atomic E-state index is 0. The molecule has 0 radical (unpaired) electrons. The molecule has 2 aliphatic rings. The Labute approximate surface area is 155 Å². The monoisotopic (exact) mass is 376 g/mol. The number of piperazine rings is 1. The summed E-state index contributed by atoms with van der Waals surface area (Å²) in [5, 5.41) is 3.79. The predicted molar refractivity (Wildman–Crippen MR) is 99.0 cm³/mol. The first-order valence-electron chi connectivity index (χ1n) is 8.77. The number of rotatable bonds is 5. The van der Waals surface area contributed by atoms with Crippen LogP contribution >= 0.6 is 24.0 Å². The Morgan fingerprint density at radius 3 is 2.54 bits per heavy atom. The molecule has 1 atom stereocenters. The molecule has 6 heteroatoms. The maximum atomic E-state index is 14.5. The fourth-order valence-electron chi connectivity index (χ4n) is 4.05. The Kier molecular flexibility index (Phi) is 7.60. The van der Waals surface area contributed by atoms with E-state index in [-0.39, 0.29) is 30.0 Å². The fourth-order valence-corrected chi connectivity index (χ4v) is 4.32. The Balaban J connectivity index is 0.00000208. The highest BCUT2D eigenvalue weighted by Crippen LogP contribution is 2.42. The average molecular weight is 377 g/mol. The molecule has 1 saturated heterocycles.